The maximum Gasteiger partial charge on any atom is 0.416 e. The quantitative estimate of drug-likeness (QED) is 0.222. The summed E-state index contributed by atoms with van der Waals surface area (Å²) in [5.41, 5.74) is 1.58. The Labute approximate surface area is 206 Å². The first-order valence-electron chi connectivity index (χ1n) is 11.1. The molecule has 35 heavy (non-hydrogen) atoms. The molecule has 0 aliphatic rings. The zero-order valence-electron chi connectivity index (χ0n) is 19.2. The molecule has 0 atom stereocenters. The molecule has 4 rings (SSSR count). The number of hydrogen-bond donors (Lipinski definition) is 0. The lowest BCUT2D eigenvalue weighted by atomic mass is 10.1. The summed E-state index contributed by atoms with van der Waals surface area (Å²) >= 11 is 6.33. The molecule has 4 aromatic rings. The Bertz CT molecular complexity index is 1360. The minimum absolute atomic E-state index is 0.117. The second-order valence-corrected chi connectivity index (χ2v) is 10.2. The van der Waals surface area contributed by atoms with Crippen molar-refractivity contribution in [1.82, 2.24) is 4.57 Å². The molecule has 0 saturated heterocycles. The van der Waals surface area contributed by atoms with Crippen LogP contribution in [0.2, 0.25) is 5.02 Å². The van der Waals surface area contributed by atoms with Crippen molar-refractivity contribution in [3.8, 4) is 5.69 Å². The first-order valence-corrected chi connectivity index (χ1v) is 13.0. The van der Waals surface area contributed by atoms with Crippen LogP contribution in [0.4, 0.5) is 13.2 Å². The van der Waals surface area contributed by atoms with E-state index in [1.54, 1.807) is 30.5 Å². The normalized spacial score (nSPS) is 12.4. The van der Waals surface area contributed by atoms with Gasteiger partial charge in [-0.3, -0.25) is 4.57 Å². The Morgan fingerprint density at radius 3 is 2.09 bits per heavy atom. The second-order valence-electron chi connectivity index (χ2n) is 7.84. The van der Waals surface area contributed by atoms with Crippen LogP contribution in [0.1, 0.15) is 30.7 Å². The second kappa shape index (κ2) is 10.2. The standard InChI is InChI=1S/C26H24ClF3NO3P/c1-3-33-35(32,34-4-2)25-23-17-20(27)12-15-22(23)24(16-18-8-6-5-7-9-18)31(25)21-13-10-19(11-14-21)26(28,29)30/h5-15,17H,3-4,16H2,1-2H3. The average Bonchev–Trinajstić information content (AvgIpc) is 3.13. The largest absolute Gasteiger partial charge is 0.416 e. The summed E-state index contributed by atoms with van der Waals surface area (Å²) in [5, 5.41) is 1.75. The van der Waals surface area contributed by atoms with E-state index < -0.39 is 19.3 Å². The molecule has 0 saturated carbocycles. The maximum atomic E-state index is 14.1. The fraction of sp³-hybridized carbons (Fsp3) is 0.231. The number of halogens is 4. The monoisotopic (exact) mass is 521 g/mol. The van der Waals surface area contributed by atoms with Crippen molar-refractivity contribution in [2.75, 3.05) is 13.2 Å². The Kier molecular flexibility index (Phi) is 7.43. The predicted octanol–water partition coefficient (Wildman–Crippen LogP) is 7.78. The summed E-state index contributed by atoms with van der Waals surface area (Å²) < 4.78 is 67.0. The van der Waals surface area contributed by atoms with Crippen LogP contribution < -0.4 is 5.44 Å². The number of alkyl halides is 3. The number of benzene rings is 3. The van der Waals surface area contributed by atoms with Crippen LogP contribution in [-0.4, -0.2) is 17.8 Å². The Morgan fingerprint density at radius 1 is 0.886 bits per heavy atom. The van der Waals surface area contributed by atoms with Crippen molar-refractivity contribution in [1.29, 1.82) is 0 Å². The third-order valence-electron chi connectivity index (χ3n) is 5.54. The highest BCUT2D eigenvalue weighted by Crippen LogP contribution is 2.50. The van der Waals surface area contributed by atoms with Crippen LogP contribution in [0.5, 0.6) is 0 Å². The van der Waals surface area contributed by atoms with E-state index in [9.17, 15) is 17.7 Å². The lowest BCUT2D eigenvalue weighted by Gasteiger charge is -2.21. The third-order valence-corrected chi connectivity index (χ3v) is 7.93. The first kappa shape index (κ1) is 25.5. The summed E-state index contributed by atoms with van der Waals surface area (Å²) in [7, 11) is -3.89. The summed E-state index contributed by atoms with van der Waals surface area (Å²) in [6.07, 6.45) is -4.05. The zero-order valence-corrected chi connectivity index (χ0v) is 20.8. The molecular formula is C26H24ClF3NO3P. The lowest BCUT2D eigenvalue weighted by molar-refractivity contribution is -0.137. The SMILES string of the molecule is CCOP(=O)(OCC)c1c2cc(Cl)ccc2c(Cc2ccccc2)n1-c1ccc(C(F)(F)F)cc1. The molecule has 0 amide bonds. The van der Waals surface area contributed by atoms with E-state index in [0.29, 0.717) is 22.5 Å². The summed E-state index contributed by atoms with van der Waals surface area (Å²) in [6, 6.07) is 19.6. The Morgan fingerprint density at radius 2 is 1.51 bits per heavy atom. The number of fused-ring (bicyclic) bond motifs is 1. The van der Waals surface area contributed by atoms with Gasteiger partial charge in [0.2, 0.25) is 0 Å². The average molecular weight is 522 g/mol. The van der Waals surface area contributed by atoms with E-state index in [-0.39, 0.29) is 18.6 Å². The first-order chi connectivity index (χ1) is 16.7. The lowest BCUT2D eigenvalue weighted by Crippen LogP contribution is -2.21. The number of hydrogen-bond acceptors (Lipinski definition) is 3. The molecule has 1 aromatic heterocycles. The molecule has 4 nitrogen and oxygen atoms in total. The van der Waals surface area contributed by atoms with E-state index in [1.807, 2.05) is 36.4 Å². The predicted molar refractivity (Wildman–Crippen MR) is 133 cm³/mol. The number of aromatic nitrogens is 1. The Hall–Kier alpha value is -2.57. The van der Waals surface area contributed by atoms with Crippen LogP contribution in [0.3, 0.4) is 0 Å². The molecule has 0 aliphatic heterocycles. The third kappa shape index (κ3) is 5.19. The molecule has 3 aromatic carbocycles. The van der Waals surface area contributed by atoms with Crippen molar-refractivity contribution < 1.29 is 26.8 Å². The topological polar surface area (TPSA) is 40.5 Å². The van der Waals surface area contributed by atoms with Gasteiger partial charge in [-0.25, -0.2) is 0 Å². The van der Waals surface area contributed by atoms with E-state index in [4.69, 9.17) is 20.6 Å². The molecule has 0 radical (unpaired) electrons. The smallest absolute Gasteiger partial charge is 0.306 e. The minimum atomic E-state index is -4.48. The fourth-order valence-electron chi connectivity index (χ4n) is 4.13. The van der Waals surface area contributed by atoms with Crippen LogP contribution in [-0.2, 0) is 26.2 Å². The van der Waals surface area contributed by atoms with Gasteiger partial charge in [-0.15, -0.1) is 0 Å². The van der Waals surface area contributed by atoms with Gasteiger partial charge in [-0.1, -0.05) is 48.0 Å². The number of nitrogens with zero attached hydrogens (tertiary/aromatic N) is 1. The van der Waals surface area contributed by atoms with Gasteiger partial charge in [0.05, 0.1) is 18.8 Å². The van der Waals surface area contributed by atoms with Gasteiger partial charge in [0.25, 0.3) is 0 Å². The van der Waals surface area contributed by atoms with Crippen molar-refractivity contribution in [3.63, 3.8) is 0 Å². The molecule has 0 bridgehead atoms. The van der Waals surface area contributed by atoms with Crippen LogP contribution in [0, 0.1) is 0 Å². The molecule has 1 heterocycles. The van der Waals surface area contributed by atoms with Crippen LogP contribution in [0.25, 0.3) is 16.5 Å². The highest BCUT2D eigenvalue weighted by atomic mass is 35.5. The van der Waals surface area contributed by atoms with Gasteiger partial charge >= 0.3 is 13.8 Å². The fourth-order valence-corrected chi connectivity index (χ4v) is 6.26. The maximum absolute atomic E-state index is 14.1. The van der Waals surface area contributed by atoms with Gasteiger partial charge in [0, 0.05) is 33.6 Å². The molecule has 0 N–H and O–H groups in total. The highest BCUT2D eigenvalue weighted by molar-refractivity contribution is 7.62. The molecule has 9 heteroatoms. The summed E-state index contributed by atoms with van der Waals surface area (Å²) in [5.74, 6) is 0. The van der Waals surface area contributed by atoms with Crippen molar-refractivity contribution >= 4 is 35.4 Å². The van der Waals surface area contributed by atoms with E-state index in [0.717, 1.165) is 28.8 Å². The van der Waals surface area contributed by atoms with Gasteiger partial charge < -0.3 is 13.6 Å². The Balaban J connectivity index is 2.07. The summed E-state index contributed by atoms with van der Waals surface area (Å²) in [6.45, 7) is 3.64. The molecule has 0 aliphatic carbocycles. The zero-order chi connectivity index (χ0) is 25.2. The highest BCUT2D eigenvalue weighted by Gasteiger charge is 2.36. The van der Waals surface area contributed by atoms with Crippen LogP contribution >= 0.6 is 19.2 Å². The van der Waals surface area contributed by atoms with Gasteiger partial charge in [0.1, 0.15) is 5.44 Å². The molecule has 0 unspecified atom stereocenters. The van der Waals surface area contributed by atoms with Crippen LogP contribution in [0.15, 0.2) is 72.8 Å². The molecule has 184 valence electrons. The van der Waals surface area contributed by atoms with E-state index in [2.05, 4.69) is 0 Å². The van der Waals surface area contributed by atoms with Gasteiger partial charge in [-0.2, -0.15) is 13.2 Å². The molecule has 0 fully saturated rings. The molecule has 0 spiro atoms. The van der Waals surface area contributed by atoms with Crippen molar-refractivity contribution in [2.45, 2.75) is 26.4 Å². The van der Waals surface area contributed by atoms with Gasteiger partial charge in [0.15, 0.2) is 0 Å². The van der Waals surface area contributed by atoms with Crippen molar-refractivity contribution in [3.05, 3.63) is 94.6 Å². The van der Waals surface area contributed by atoms with E-state index >= 15 is 0 Å². The number of rotatable bonds is 8. The summed E-state index contributed by atoms with van der Waals surface area (Å²) in [4.78, 5) is 0. The van der Waals surface area contributed by atoms with E-state index in [1.165, 1.54) is 12.1 Å². The van der Waals surface area contributed by atoms with Crippen molar-refractivity contribution in [2.24, 2.45) is 0 Å². The molecular weight excluding hydrogens is 498 g/mol. The minimum Gasteiger partial charge on any atom is -0.306 e. The van der Waals surface area contributed by atoms with Gasteiger partial charge in [-0.05, 0) is 55.8 Å².